The average Bonchev–Trinajstić information content (AvgIpc) is 3.13. The molecule has 4 rings (SSSR count). The van der Waals surface area contributed by atoms with E-state index in [0.29, 0.717) is 44.1 Å². The second-order valence-electron chi connectivity index (χ2n) is 10.3. The minimum Gasteiger partial charge on any atom is -0.492 e. The molecule has 2 aliphatic rings. The number of carbonyl (C=O) groups excluding carboxylic acids is 2. The zero-order chi connectivity index (χ0) is 25.5. The van der Waals surface area contributed by atoms with E-state index in [9.17, 15) is 9.59 Å². The molecule has 2 aliphatic heterocycles. The number of likely N-dealkylation sites (tertiary alicyclic amines) is 1. The Kier molecular flexibility index (Phi) is 8.67. The van der Waals surface area contributed by atoms with E-state index in [4.69, 9.17) is 9.47 Å². The Morgan fingerprint density at radius 1 is 1.11 bits per heavy atom. The molecule has 1 N–H and O–H groups in total. The lowest BCUT2D eigenvalue weighted by atomic mass is 9.75. The molecule has 196 valence electrons. The lowest BCUT2D eigenvalue weighted by molar-refractivity contribution is -0.134. The van der Waals surface area contributed by atoms with Crippen LogP contribution in [0.15, 0.2) is 24.3 Å². The van der Waals surface area contributed by atoms with Gasteiger partial charge in [0.15, 0.2) is 0 Å². The number of nitrogens with one attached hydrogen (secondary N) is 1. The summed E-state index contributed by atoms with van der Waals surface area (Å²) in [5.41, 5.74) is 3.87. The van der Waals surface area contributed by atoms with Gasteiger partial charge in [-0.25, -0.2) is 0 Å². The summed E-state index contributed by atoms with van der Waals surface area (Å²) in [6.07, 6.45) is 6.12. The first-order chi connectivity index (χ1) is 17.4. The highest BCUT2D eigenvalue weighted by Gasteiger charge is 2.36. The fourth-order valence-corrected chi connectivity index (χ4v) is 5.42. The summed E-state index contributed by atoms with van der Waals surface area (Å²) >= 11 is 0. The molecule has 0 saturated carbocycles. The number of para-hydroxylation sites is 1. The number of aromatic nitrogens is 2. The quantitative estimate of drug-likeness (QED) is 0.702. The number of aryl methyl sites for hydroxylation is 2. The van der Waals surface area contributed by atoms with Crippen molar-refractivity contribution >= 4 is 11.8 Å². The van der Waals surface area contributed by atoms with Gasteiger partial charge in [0.2, 0.25) is 5.91 Å². The van der Waals surface area contributed by atoms with Gasteiger partial charge in [0.1, 0.15) is 5.75 Å². The van der Waals surface area contributed by atoms with Crippen LogP contribution in [0, 0.1) is 19.3 Å². The average molecular weight is 497 g/mol. The molecule has 0 radical (unpaired) electrons. The molecule has 1 aromatic heterocycles. The number of hydrogen-bond donors (Lipinski definition) is 1. The summed E-state index contributed by atoms with van der Waals surface area (Å²) < 4.78 is 13.9. The van der Waals surface area contributed by atoms with Crippen LogP contribution in [-0.4, -0.2) is 65.9 Å². The molecule has 1 fully saturated rings. The monoisotopic (exact) mass is 496 g/mol. The Hall–Kier alpha value is -2.87. The van der Waals surface area contributed by atoms with Gasteiger partial charge in [-0.3, -0.25) is 14.3 Å². The Labute approximate surface area is 214 Å². The molecule has 2 aromatic rings. The first-order valence-corrected chi connectivity index (χ1v) is 13.2. The second-order valence-corrected chi connectivity index (χ2v) is 10.3. The van der Waals surface area contributed by atoms with E-state index in [2.05, 4.69) is 17.3 Å². The number of nitrogens with zero attached hydrogens (tertiary/aromatic N) is 3. The topological polar surface area (TPSA) is 85.7 Å². The van der Waals surface area contributed by atoms with Gasteiger partial charge >= 0.3 is 0 Å². The Morgan fingerprint density at radius 3 is 2.64 bits per heavy atom. The lowest BCUT2D eigenvalue weighted by Crippen LogP contribution is -2.45. The van der Waals surface area contributed by atoms with E-state index in [1.807, 2.05) is 41.8 Å². The normalized spacial score (nSPS) is 19.2. The van der Waals surface area contributed by atoms with Crippen molar-refractivity contribution < 1.29 is 19.1 Å². The third-order valence-electron chi connectivity index (χ3n) is 7.87. The minimum absolute atomic E-state index is 0.0129. The maximum Gasteiger partial charge on any atom is 0.255 e. The van der Waals surface area contributed by atoms with E-state index >= 15 is 0 Å². The minimum atomic E-state index is -0.139. The largest absolute Gasteiger partial charge is 0.492 e. The van der Waals surface area contributed by atoms with Crippen LogP contribution < -0.4 is 10.1 Å². The van der Waals surface area contributed by atoms with Gasteiger partial charge in [-0.2, -0.15) is 5.10 Å². The number of fused-ring (bicyclic) bond motifs is 1. The van der Waals surface area contributed by atoms with Crippen LogP contribution >= 0.6 is 0 Å². The maximum atomic E-state index is 13.1. The fraction of sp³-hybridized carbons (Fsp3) is 0.607. The highest BCUT2D eigenvalue weighted by molar-refractivity contribution is 5.96. The SMILES string of the molecule is Cc1nn(C)c(C)c1CCC(=O)N1CCC2(CCCCOCCNC(=O)c3ccccc3OC2)CC1. The molecule has 8 nitrogen and oxygen atoms in total. The summed E-state index contributed by atoms with van der Waals surface area (Å²) in [6, 6.07) is 7.43. The molecule has 0 aliphatic carbocycles. The van der Waals surface area contributed by atoms with Gasteiger partial charge in [0, 0.05) is 50.8 Å². The first-order valence-electron chi connectivity index (χ1n) is 13.2. The van der Waals surface area contributed by atoms with Crippen molar-refractivity contribution in [3.63, 3.8) is 0 Å². The van der Waals surface area contributed by atoms with Crippen molar-refractivity contribution in [2.45, 2.75) is 58.8 Å². The van der Waals surface area contributed by atoms with Gasteiger partial charge in [-0.1, -0.05) is 18.6 Å². The highest BCUT2D eigenvalue weighted by atomic mass is 16.5. The summed E-state index contributed by atoms with van der Waals surface area (Å²) in [5.74, 6) is 0.692. The number of ether oxygens (including phenoxy) is 2. The van der Waals surface area contributed by atoms with Gasteiger partial charge in [-0.05, 0) is 63.6 Å². The summed E-state index contributed by atoms with van der Waals surface area (Å²) in [4.78, 5) is 27.7. The van der Waals surface area contributed by atoms with Crippen LogP contribution in [-0.2, 0) is 23.0 Å². The first kappa shape index (κ1) is 26.2. The van der Waals surface area contributed by atoms with E-state index in [0.717, 1.165) is 63.0 Å². The van der Waals surface area contributed by atoms with Gasteiger partial charge < -0.3 is 19.7 Å². The standard InChI is InChI=1S/C28H40N4O4/c1-21-23(22(2)31(3)30-21)10-11-26(33)32-16-13-28(14-17-32)12-6-7-18-35-19-15-29-27(34)24-8-4-5-9-25(24)36-20-28/h4-5,8-9H,6-7,10-20H2,1-3H3,(H,29,34). The number of benzene rings is 1. The molecule has 1 saturated heterocycles. The third kappa shape index (κ3) is 6.27. The van der Waals surface area contributed by atoms with Crippen molar-refractivity contribution in [1.29, 1.82) is 0 Å². The molecule has 8 heteroatoms. The van der Waals surface area contributed by atoms with Crippen LogP contribution in [0.1, 0.15) is 65.8 Å². The van der Waals surface area contributed by atoms with Crippen LogP contribution in [0.5, 0.6) is 5.75 Å². The van der Waals surface area contributed by atoms with E-state index < -0.39 is 0 Å². The smallest absolute Gasteiger partial charge is 0.255 e. The maximum absolute atomic E-state index is 13.1. The second kappa shape index (κ2) is 11.9. The molecular formula is C28H40N4O4. The predicted octanol–water partition coefficient (Wildman–Crippen LogP) is 3.59. The molecule has 1 aromatic carbocycles. The van der Waals surface area contributed by atoms with Crippen molar-refractivity contribution in [3.8, 4) is 5.75 Å². The summed E-state index contributed by atoms with van der Waals surface area (Å²) in [5, 5.41) is 7.40. The number of carbonyl (C=O) groups is 2. The van der Waals surface area contributed by atoms with Gasteiger partial charge in [0.25, 0.3) is 5.91 Å². The zero-order valence-electron chi connectivity index (χ0n) is 22.0. The van der Waals surface area contributed by atoms with Gasteiger partial charge in [-0.15, -0.1) is 0 Å². The molecule has 1 spiro atoms. The molecule has 2 amide bonds. The molecule has 0 bridgehead atoms. The third-order valence-corrected chi connectivity index (χ3v) is 7.87. The number of amides is 2. The number of rotatable bonds is 3. The van der Waals surface area contributed by atoms with Crippen LogP contribution in [0.25, 0.3) is 0 Å². The van der Waals surface area contributed by atoms with Crippen LogP contribution in [0.4, 0.5) is 0 Å². The predicted molar refractivity (Wildman–Crippen MR) is 138 cm³/mol. The number of piperidine rings is 1. The molecule has 0 atom stereocenters. The fourth-order valence-electron chi connectivity index (χ4n) is 5.42. The number of hydrogen-bond acceptors (Lipinski definition) is 5. The Balaban J connectivity index is 1.39. The highest BCUT2D eigenvalue weighted by Crippen LogP contribution is 2.38. The van der Waals surface area contributed by atoms with Crippen molar-refractivity contribution in [3.05, 3.63) is 46.8 Å². The van der Waals surface area contributed by atoms with Gasteiger partial charge in [0.05, 0.1) is 24.5 Å². The summed E-state index contributed by atoms with van der Waals surface area (Å²) in [7, 11) is 1.95. The van der Waals surface area contributed by atoms with Crippen molar-refractivity contribution in [2.75, 3.05) is 39.5 Å². The van der Waals surface area contributed by atoms with Crippen LogP contribution in [0.3, 0.4) is 0 Å². The molecular weight excluding hydrogens is 456 g/mol. The van der Waals surface area contributed by atoms with Crippen LogP contribution in [0.2, 0.25) is 0 Å². The molecule has 36 heavy (non-hydrogen) atoms. The Bertz CT molecular complexity index is 1060. The van der Waals surface area contributed by atoms with E-state index in [-0.39, 0.29) is 17.2 Å². The van der Waals surface area contributed by atoms with Crippen molar-refractivity contribution in [1.82, 2.24) is 20.0 Å². The van der Waals surface area contributed by atoms with E-state index in [1.165, 1.54) is 5.56 Å². The zero-order valence-corrected chi connectivity index (χ0v) is 22.0. The summed E-state index contributed by atoms with van der Waals surface area (Å²) in [6.45, 7) is 7.80. The van der Waals surface area contributed by atoms with E-state index in [1.54, 1.807) is 6.07 Å². The van der Waals surface area contributed by atoms with Crippen molar-refractivity contribution in [2.24, 2.45) is 12.5 Å². The molecule has 0 unspecified atom stereocenters. The lowest BCUT2D eigenvalue weighted by Gasteiger charge is -2.42. The molecule has 3 heterocycles. The Morgan fingerprint density at radius 2 is 1.89 bits per heavy atom.